The third-order valence-corrected chi connectivity index (χ3v) is 0. The van der Waals surface area contributed by atoms with E-state index in [0.29, 0.717) is 0 Å². The van der Waals surface area contributed by atoms with E-state index in [1.165, 1.54) is 0 Å². The Labute approximate surface area is 68.5 Å². The quantitative estimate of drug-likeness (QED) is 0.205. The van der Waals surface area contributed by atoms with Crippen molar-refractivity contribution in [2.45, 2.75) is 0 Å². The smallest absolute Gasteiger partial charge is 1.00 e. The first-order valence-corrected chi connectivity index (χ1v) is 0.548. The van der Waals surface area contributed by atoms with Gasteiger partial charge in [-0.1, -0.05) is 0 Å². The predicted octanol–water partition coefficient (Wildman–Crippen LogP) is -5.85. The molecule has 0 aliphatic rings. The molecule has 0 saturated carbocycles. The van der Waals surface area contributed by atoms with Crippen molar-refractivity contribution in [2.24, 2.45) is 0 Å². The molecule has 0 aromatic carbocycles. The molecule has 5 nitrogen and oxygen atoms in total. The van der Waals surface area contributed by atoms with Crippen molar-refractivity contribution in [3.8, 4) is 0 Å². The molecular weight excluding hydrogens is 134 g/mol. The molecule has 0 radical (unpaired) electrons. The molecule has 0 saturated heterocycles. The molecule has 0 rings (SSSR count). The minimum absolute atomic E-state index is 0. The number of nitrogens with zero attached hydrogens (tertiary/aromatic N) is 1. The van der Waals surface area contributed by atoms with Gasteiger partial charge in [-0.25, -0.2) is 0 Å². The molecule has 0 aromatic heterocycles. The monoisotopic (exact) mass is 138 g/mol. The zero-order valence-corrected chi connectivity index (χ0v) is 6.81. The Morgan fingerprint density at radius 1 is 1.29 bits per heavy atom. The van der Waals surface area contributed by atoms with Crippen LogP contribution < -0.4 is 48.1 Å². The van der Waals surface area contributed by atoms with Crippen LogP contribution >= 0.6 is 0 Å². The molecule has 0 aromatic rings. The van der Waals surface area contributed by atoms with Gasteiger partial charge in [0.25, 0.3) is 0 Å². The van der Waals surface area contributed by atoms with Gasteiger partial charge in [0.05, 0.1) is 5.09 Å². The third kappa shape index (κ3) is 631. The zero-order chi connectivity index (χ0) is 3.58. The van der Waals surface area contributed by atoms with Gasteiger partial charge in [-0.15, -0.1) is 0 Å². The molecule has 0 unspecified atom stereocenters. The predicted molar refractivity (Wildman–Crippen MR) is 16.3 cm³/mol. The van der Waals surface area contributed by atoms with E-state index in [2.05, 4.69) is 0 Å². The molecule has 4 N–H and O–H groups in total. The van der Waals surface area contributed by atoms with E-state index in [-0.39, 0.29) is 48.1 Å². The molecule has 7 heteroatoms. The molecule has 7 heavy (non-hydrogen) atoms. The van der Waals surface area contributed by atoms with E-state index in [9.17, 15) is 0 Å². The van der Waals surface area contributed by atoms with Crippen molar-refractivity contribution in [3.63, 3.8) is 0 Å². The van der Waals surface area contributed by atoms with Gasteiger partial charge in [0.2, 0.25) is 0 Å². The van der Waals surface area contributed by atoms with Gasteiger partial charge in [-0.2, -0.15) is 0 Å². The van der Waals surface area contributed by atoms with Crippen LogP contribution in [0.25, 0.3) is 0 Å². The number of halogens is 1. The van der Waals surface area contributed by atoms with Gasteiger partial charge >= 0.3 is 29.6 Å². The summed E-state index contributed by atoms with van der Waals surface area (Å²) in [5.74, 6) is 0. The molecule has 0 aliphatic heterocycles. The summed E-state index contributed by atoms with van der Waals surface area (Å²) in [6.45, 7) is 0. The molecule has 40 valence electrons. The fourth-order valence-electron chi connectivity index (χ4n) is 0. The minimum Gasteiger partial charge on any atom is -1.00 e. The van der Waals surface area contributed by atoms with E-state index < -0.39 is 5.09 Å². The molecule has 0 fully saturated rings. The van der Waals surface area contributed by atoms with E-state index >= 15 is 0 Å². The summed E-state index contributed by atoms with van der Waals surface area (Å²) in [7, 11) is 0. The largest absolute Gasteiger partial charge is 1.00 e. The summed E-state index contributed by atoms with van der Waals surface area (Å²) in [6, 6.07) is 0. The van der Waals surface area contributed by atoms with Crippen molar-refractivity contribution < 1.29 is 47.1 Å². The fraction of sp³-hybridized carbons (Fsp3) is 0. The Balaban J connectivity index is -0.0000000150. The van der Waals surface area contributed by atoms with Gasteiger partial charge in [0, 0.05) is 0 Å². The van der Waals surface area contributed by atoms with Crippen LogP contribution in [0.2, 0.25) is 0 Å². The maximum absolute atomic E-state index is 8.25. The average molecular weight is 138 g/mol. The Kier molecular flexibility index (Phi) is 59.9. The molecule has 0 aliphatic carbocycles. The van der Waals surface area contributed by atoms with Crippen LogP contribution in [0.3, 0.4) is 0 Å². The Hall–Kier alpha value is 0.450. The third-order valence-electron chi connectivity index (χ3n) is 0. The van der Waals surface area contributed by atoms with E-state index in [4.69, 9.17) is 15.3 Å². The van der Waals surface area contributed by atoms with Gasteiger partial charge in [-0.05, 0) is 0 Å². The topological polar surface area (TPSA) is 103 Å². The van der Waals surface area contributed by atoms with Crippen LogP contribution in [-0.4, -0.2) is 5.09 Å². The van der Waals surface area contributed by atoms with Gasteiger partial charge in [-0.3, -0.25) is 0 Å². The first-order valence-electron chi connectivity index (χ1n) is 0.548. The molecule has 0 spiro atoms. The van der Waals surface area contributed by atoms with Crippen molar-refractivity contribution in [1.29, 1.82) is 0 Å². The van der Waals surface area contributed by atoms with Crippen molar-refractivity contribution in [1.82, 2.24) is 6.15 Å². The summed E-state index contributed by atoms with van der Waals surface area (Å²) in [5, 5.41) is 14.8. The molecule has 0 heterocycles. The summed E-state index contributed by atoms with van der Waals surface area (Å²) in [6.07, 6.45) is 0. The van der Waals surface area contributed by atoms with E-state index in [0.717, 1.165) is 0 Å². The Morgan fingerprint density at radius 3 is 1.29 bits per heavy atom. The molecule has 0 bridgehead atoms. The Bertz CT molecular complexity index is 35.9. The number of quaternary nitrogens is 1. The second-order valence-corrected chi connectivity index (χ2v) is 0.224. The average Bonchev–Trinajstić information content (AvgIpc) is 0.811. The SMILES string of the molecule is O=[N+]([O-])[O-].[Cl-].[NH4+].[Na+]. The van der Waals surface area contributed by atoms with Gasteiger partial charge < -0.3 is 33.9 Å². The molecular formula is H4ClN2NaO3. The maximum Gasteiger partial charge on any atom is 1.00 e. The first kappa shape index (κ1) is 26.0. The summed E-state index contributed by atoms with van der Waals surface area (Å²) in [4.78, 5) is 8.25. The molecule has 0 amide bonds. The van der Waals surface area contributed by atoms with Crippen LogP contribution in [0.5, 0.6) is 0 Å². The van der Waals surface area contributed by atoms with Crippen LogP contribution in [0.15, 0.2) is 0 Å². The summed E-state index contributed by atoms with van der Waals surface area (Å²) < 4.78 is 0. The maximum atomic E-state index is 8.25. The fourth-order valence-corrected chi connectivity index (χ4v) is 0. The van der Waals surface area contributed by atoms with Crippen LogP contribution in [0.4, 0.5) is 0 Å². The number of rotatable bonds is 0. The second-order valence-electron chi connectivity index (χ2n) is 0.224. The van der Waals surface area contributed by atoms with Gasteiger partial charge in [0.15, 0.2) is 0 Å². The second kappa shape index (κ2) is 16.1. The summed E-state index contributed by atoms with van der Waals surface area (Å²) in [5.41, 5.74) is 0. The standard InChI is InChI=1S/ClH.NO3.H3N.Na/c;2-1(3)4;;/h1H;;1H3;/q;-1;;+1. The molecule has 0 atom stereocenters. The normalized spacial score (nSPS) is 3.43. The minimum atomic E-state index is -1.75. The van der Waals surface area contributed by atoms with Crippen molar-refractivity contribution >= 4 is 0 Å². The first-order chi connectivity index (χ1) is 1.73. The van der Waals surface area contributed by atoms with Crippen LogP contribution in [-0.2, 0) is 0 Å². The van der Waals surface area contributed by atoms with E-state index in [1.54, 1.807) is 0 Å². The van der Waals surface area contributed by atoms with Crippen LogP contribution in [0.1, 0.15) is 0 Å². The summed E-state index contributed by atoms with van der Waals surface area (Å²) >= 11 is 0. The zero-order valence-electron chi connectivity index (χ0n) is 4.05. The number of hydrogen-bond acceptors (Lipinski definition) is 3. The van der Waals surface area contributed by atoms with Crippen molar-refractivity contribution in [2.75, 3.05) is 0 Å². The van der Waals surface area contributed by atoms with Crippen LogP contribution in [0, 0.1) is 15.3 Å². The van der Waals surface area contributed by atoms with E-state index in [1.807, 2.05) is 0 Å². The van der Waals surface area contributed by atoms with Crippen molar-refractivity contribution in [3.05, 3.63) is 15.3 Å². The Morgan fingerprint density at radius 2 is 1.29 bits per heavy atom. The number of hydrogen-bond donors (Lipinski definition) is 1. The van der Waals surface area contributed by atoms with Gasteiger partial charge in [0.1, 0.15) is 0 Å².